The molecule has 3 aromatic rings. The minimum absolute atomic E-state index is 0.00947. The van der Waals surface area contributed by atoms with Crippen LogP contribution >= 0.6 is 0 Å². The van der Waals surface area contributed by atoms with Crippen molar-refractivity contribution in [1.29, 1.82) is 0 Å². The molecule has 0 atom stereocenters. The summed E-state index contributed by atoms with van der Waals surface area (Å²) in [6.07, 6.45) is 9.33. The molecule has 41 heavy (non-hydrogen) atoms. The third kappa shape index (κ3) is 6.78. The SMILES string of the molecule is COc1ccc(OC2CCC(NC(=O)c3cnn4cc(OCC(C)(C)N=O)ccc34)CC2)c(C(=O)NC2CCC2)c1. The maximum absolute atomic E-state index is 13.1. The van der Waals surface area contributed by atoms with E-state index in [2.05, 4.69) is 20.9 Å². The molecule has 0 unspecified atom stereocenters. The van der Waals surface area contributed by atoms with E-state index in [9.17, 15) is 14.5 Å². The summed E-state index contributed by atoms with van der Waals surface area (Å²) in [6, 6.07) is 9.08. The molecule has 2 fully saturated rings. The van der Waals surface area contributed by atoms with Gasteiger partial charge in [0.25, 0.3) is 11.8 Å². The summed E-state index contributed by atoms with van der Waals surface area (Å²) in [5, 5.41) is 13.6. The molecule has 11 nitrogen and oxygen atoms in total. The zero-order chi connectivity index (χ0) is 29.0. The first-order valence-corrected chi connectivity index (χ1v) is 14.2. The minimum Gasteiger partial charge on any atom is -0.497 e. The van der Waals surface area contributed by atoms with Gasteiger partial charge in [0.05, 0.1) is 42.3 Å². The summed E-state index contributed by atoms with van der Waals surface area (Å²) >= 11 is 0. The Labute approximate surface area is 238 Å². The predicted octanol–water partition coefficient (Wildman–Crippen LogP) is 4.67. The van der Waals surface area contributed by atoms with Gasteiger partial charge in [-0.3, -0.25) is 9.59 Å². The summed E-state index contributed by atoms with van der Waals surface area (Å²) in [4.78, 5) is 36.9. The van der Waals surface area contributed by atoms with Gasteiger partial charge in [-0.05, 0) is 89.1 Å². The average Bonchev–Trinajstić information content (AvgIpc) is 3.38. The number of fused-ring (bicyclic) bond motifs is 1. The molecule has 2 heterocycles. The Morgan fingerprint density at radius 1 is 0.976 bits per heavy atom. The fourth-order valence-corrected chi connectivity index (χ4v) is 5.01. The largest absolute Gasteiger partial charge is 0.497 e. The molecular formula is C30H37N5O6. The predicted molar refractivity (Wildman–Crippen MR) is 153 cm³/mol. The van der Waals surface area contributed by atoms with Gasteiger partial charge in [-0.25, -0.2) is 4.52 Å². The maximum atomic E-state index is 13.1. The number of aromatic nitrogens is 2. The number of ether oxygens (including phenoxy) is 3. The smallest absolute Gasteiger partial charge is 0.255 e. The second-order valence-corrected chi connectivity index (χ2v) is 11.5. The van der Waals surface area contributed by atoms with Crippen LogP contribution in [0.2, 0.25) is 0 Å². The quantitative estimate of drug-likeness (QED) is 0.324. The van der Waals surface area contributed by atoms with Crippen LogP contribution in [0.5, 0.6) is 17.2 Å². The highest BCUT2D eigenvalue weighted by molar-refractivity contribution is 6.00. The lowest BCUT2D eigenvalue weighted by Crippen LogP contribution is -2.40. The first-order valence-electron chi connectivity index (χ1n) is 14.2. The van der Waals surface area contributed by atoms with Crippen LogP contribution in [0.25, 0.3) is 5.52 Å². The van der Waals surface area contributed by atoms with Crippen molar-refractivity contribution in [3.8, 4) is 17.2 Å². The number of hydrogen-bond donors (Lipinski definition) is 2. The Kier molecular flexibility index (Phi) is 8.41. The lowest BCUT2D eigenvalue weighted by Gasteiger charge is -2.30. The van der Waals surface area contributed by atoms with E-state index >= 15 is 0 Å². The molecule has 2 N–H and O–H groups in total. The number of hydrogen-bond acceptors (Lipinski definition) is 8. The van der Waals surface area contributed by atoms with Gasteiger partial charge in [-0.2, -0.15) is 10.0 Å². The Balaban J connectivity index is 1.16. The van der Waals surface area contributed by atoms with E-state index in [1.807, 2.05) is 0 Å². The molecule has 11 heteroatoms. The fraction of sp³-hybridized carbons (Fsp3) is 0.500. The standard InChI is InChI=1S/C30H37N5O6/c1-30(2,34-38)18-40-23-11-13-26-25(16-31-35(26)17-23)29(37)33-20-7-9-21(10-8-20)41-27-14-12-22(39-3)15-24(27)28(36)32-19-5-4-6-19/h11-17,19-21H,4-10,18H2,1-3H3,(H,32,36)(H,33,37). The Hall–Kier alpha value is -4.15. The second-order valence-electron chi connectivity index (χ2n) is 11.5. The van der Waals surface area contributed by atoms with Crippen molar-refractivity contribution in [3.63, 3.8) is 0 Å². The van der Waals surface area contributed by atoms with Crippen molar-refractivity contribution >= 4 is 17.3 Å². The number of benzene rings is 1. The van der Waals surface area contributed by atoms with Crippen LogP contribution < -0.4 is 24.8 Å². The Morgan fingerprint density at radius 2 is 1.66 bits per heavy atom. The minimum atomic E-state index is -0.838. The van der Waals surface area contributed by atoms with Crippen LogP contribution in [0.3, 0.4) is 0 Å². The van der Waals surface area contributed by atoms with Crippen molar-refractivity contribution in [2.75, 3.05) is 13.7 Å². The van der Waals surface area contributed by atoms with E-state index in [0.29, 0.717) is 33.9 Å². The number of nitrogens with zero attached hydrogens (tertiary/aromatic N) is 3. The lowest BCUT2D eigenvalue weighted by atomic mass is 9.92. The van der Waals surface area contributed by atoms with E-state index < -0.39 is 5.54 Å². The maximum Gasteiger partial charge on any atom is 0.255 e. The summed E-state index contributed by atoms with van der Waals surface area (Å²) in [5.41, 5.74) is 0.782. The lowest BCUT2D eigenvalue weighted by molar-refractivity contribution is 0.0871. The third-order valence-electron chi connectivity index (χ3n) is 7.75. The molecular weight excluding hydrogens is 526 g/mol. The van der Waals surface area contributed by atoms with Gasteiger partial charge in [0.2, 0.25) is 0 Å². The van der Waals surface area contributed by atoms with Crippen LogP contribution in [-0.4, -0.2) is 58.9 Å². The molecule has 0 radical (unpaired) electrons. The molecule has 0 saturated heterocycles. The number of rotatable bonds is 11. The summed E-state index contributed by atoms with van der Waals surface area (Å²) < 4.78 is 18.9. The van der Waals surface area contributed by atoms with Crippen molar-refractivity contribution < 1.29 is 23.8 Å². The van der Waals surface area contributed by atoms with Crippen LogP contribution in [0.4, 0.5) is 0 Å². The second kappa shape index (κ2) is 12.2. The zero-order valence-corrected chi connectivity index (χ0v) is 23.7. The Morgan fingerprint density at radius 3 is 2.32 bits per heavy atom. The molecule has 2 amide bonds. The van der Waals surface area contributed by atoms with Gasteiger partial charge in [0.1, 0.15) is 29.4 Å². The van der Waals surface area contributed by atoms with Gasteiger partial charge in [-0.15, -0.1) is 0 Å². The van der Waals surface area contributed by atoms with Gasteiger partial charge in [0, 0.05) is 12.1 Å². The summed E-state index contributed by atoms with van der Waals surface area (Å²) in [5.74, 6) is 1.37. The zero-order valence-electron chi connectivity index (χ0n) is 23.7. The number of amides is 2. The van der Waals surface area contributed by atoms with Gasteiger partial charge >= 0.3 is 0 Å². The molecule has 1 aromatic carbocycles. The topological polar surface area (TPSA) is 133 Å². The fourth-order valence-electron chi connectivity index (χ4n) is 5.01. The van der Waals surface area contributed by atoms with Gasteiger partial charge in [-0.1, -0.05) is 5.18 Å². The molecule has 2 aromatic heterocycles. The normalized spacial score (nSPS) is 19.2. The summed E-state index contributed by atoms with van der Waals surface area (Å²) in [7, 11) is 1.58. The Bertz CT molecular complexity index is 1410. The third-order valence-corrected chi connectivity index (χ3v) is 7.75. The van der Waals surface area contributed by atoms with Crippen molar-refractivity contribution in [1.82, 2.24) is 20.2 Å². The van der Waals surface area contributed by atoms with E-state index in [0.717, 1.165) is 44.9 Å². The molecule has 0 bridgehead atoms. The van der Waals surface area contributed by atoms with Crippen LogP contribution in [0, 0.1) is 4.91 Å². The van der Waals surface area contributed by atoms with E-state index in [1.54, 1.807) is 68.2 Å². The average molecular weight is 564 g/mol. The number of carbonyl (C=O) groups is 2. The van der Waals surface area contributed by atoms with Gasteiger partial charge in [0.15, 0.2) is 0 Å². The molecule has 2 saturated carbocycles. The molecule has 2 aliphatic carbocycles. The number of carbonyl (C=O) groups excluding carboxylic acids is 2. The number of nitroso groups, excluding NO2 is 1. The highest BCUT2D eigenvalue weighted by atomic mass is 16.5. The summed E-state index contributed by atoms with van der Waals surface area (Å²) in [6.45, 7) is 3.52. The van der Waals surface area contributed by atoms with E-state index in [4.69, 9.17) is 14.2 Å². The van der Waals surface area contributed by atoms with Crippen molar-refractivity contribution in [2.45, 2.75) is 82.5 Å². The monoisotopic (exact) mass is 563 g/mol. The molecule has 0 spiro atoms. The van der Waals surface area contributed by atoms with Crippen LogP contribution in [-0.2, 0) is 0 Å². The van der Waals surface area contributed by atoms with Crippen LogP contribution in [0.1, 0.15) is 79.5 Å². The molecule has 5 rings (SSSR count). The molecule has 218 valence electrons. The molecule has 0 aliphatic heterocycles. The number of methoxy groups -OCH3 is 1. The van der Waals surface area contributed by atoms with Crippen molar-refractivity contribution in [3.05, 3.63) is 58.8 Å². The van der Waals surface area contributed by atoms with E-state index in [-0.39, 0.29) is 36.6 Å². The van der Waals surface area contributed by atoms with E-state index in [1.165, 1.54) is 0 Å². The van der Waals surface area contributed by atoms with Gasteiger partial charge < -0.3 is 24.8 Å². The highest BCUT2D eigenvalue weighted by Crippen LogP contribution is 2.30. The van der Waals surface area contributed by atoms with Crippen molar-refractivity contribution in [2.24, 2.45) is 5.18 Å². The first kappa shape index (κ1) is 28.4. The number of pyridine rings is 1. The first-order chi connectivity index (χ1) is 19.7. The number of nitrogens with one attached hydrogen (secondary N) is 2. The highest BCUT2D eigenvalue weighted by Gasteiger charge is 2.28. The van der Waals surface area contributed by atoms with Crippen LogP contribution in [0.15, 0.2) is 47.9 Å². The molecule has 2 aliphatic rings.